The van der Waals surface area contributed by atoms with Crippen molar-refractivity contribution >= 4 is 34.2 Å². The van der Waals surface area contributed by atoms with Gasteiger partial charge in [-0.1, -0.05) is 18.2 Å². The topological polar surface area (TPSA) is 126 Å². The summed E-state index contributed by atoms with van der Waals surface area (Å²) < 4.78 is 1.96. The van der Waals surface area contributed by atoms with E-state index in [4.69, 9.17) is 11.1 Å². The fourth-order valence-electron chi connectivity index (χ4n) is 4.05. The van der Waals surface area contributed by atoms with Crippen molar-refractivity contribution in [3.05, 3.63) is 78.6 Å². The average Bonchev–Trinajstić information content (AvgIpc) is 3.30. The van der Waals surface area contributed by atoms with E-state index < -0.39 is 5.91 Å². The van der Waals surface area contributed by atoms with Crippen molar-refractivity contribution in [2.45, 2.75) is 26.3 Å². The summed E-state index contributed by atoms with van der Waals surface area (Å²) in [6, 6.07) is 13.6. The summed E-state index contributed by atoms with van der Waals surface area (Å²) in [7, 11) is 1.91. The van der Waals surface area contributed by atoms with Gasteiger partial charge in [0.05, 0.1) is 41.6 Å². The van der Waals surface area contributed by atoms with E-state index in [1.807, 2.05) is 86.5 Å². The van der Waals surface area contributed by atoms with Gasteiger partial charge in [0.15, 0.2) is 0 Å². The molecule has 178 valence electrons. The molecule has 0 spiro atoms. The quantitative estimate of drug-likeness (QED) is 0.309. The third kappa shape index (κ3) is 4.97. The smallest absolute Gasteiger partial charge is 0.250 e. The molecule has 0 saturated heterocycles. The number of imidazole rings is 1. The number of carbonyl (C=O) groups is 1. The highest BCUT2D eigenvalue weighted by molar-refractivity contribution is 6.07. The Bertz CT molecular complexity index is 1440. The van der Waals surface area contributed by atoms with Crippen LogP contribution in [-0.4, -0.2) is 39.2 Å². The summed E-state index contributed by atoms with van der Waals surface area (Å²) in [5.74, 6) is -0.480. The molecule has 2 aromatic heterocycles. The van der Waals surface area contributed by atoms with Crippen LogP contribution in [0, 0.1) is 5.41 Å². The molecule has 2 aromatic carbocycles. The van der Waals surface area contributed by atoms with Crippen LogP contribution in [0.3, 0.4) is 0 Å². The number of aromatic nitrogens is 3. The van der Waals surface area contributed by atoms with E-state index in [1.165, 1.54) is 6.21 Å². The van der Waals surface area contributed by atoms with E-state index in [0.717, 1.165) is 39.0 Å². The Hall–Kier alpha value is -4.30. The Balaban J connectivity index is 1.84. The van der Waals surface area contributed by atoms with Crippen LogP contribution in [0.5, 0.6) is 0 Å². The van der Waals surface area contributed by atoms with Gasteiger partial charge in [0.2, 0.25) is 0 Å². The van der Waals surface area contributed by atoms with Crippen molar-refractivity contribution in [2.24, 2.45) is 5.73 Å². The largest absolute Gasteiger partial charge is 0.380 e. The molecule has 6 N–H and O–H groups in total. The molecule has 8 heteroatoms. The monoisotopic (exact) mass is 468 g/mol. The van der Waals surface area contributed by atoms with Crippen LogP contribution < -0.4 is 16.4 Å². The Kier molecular flexibility index (Phi) is 6.48. The van der Waals surface area contributed by atoms with Crippen molar-refractivity contribution in [3.63, 3.8) is 0 Å². The van der Waals surface area contributed by atoms with Gasteiger partial charge < -0.3 is 26.3 Å². The molecule has 0 bridgehead atoms. The molecule has 0 aliphatic carbocycles. The fraction of sp³-hybridized carbons (Fsp3) is 0.185. The predicted octanol–water partition coefficient (Wildman–Crippen LogP) is 3.58. The molecule has 2 heterocycles. The zero-order valence-corrected chi connectivity index (χ0v) is 20.3. The van der Waals surface area contributed by atoms with Crippen LogP contribution in [0.15, 0.2) is 67.4 Å². The maximum atomic E-state index is 12.0. The number of nitrogens with one attached hydrogen (secondary N) is 2. The molecule has 35 heavy (non-hydrogen) atoms. The Morgan fingerprint density at radius 2 is 1.94 bits per heavy atom. The number of quaternary nitrogens is 1. The van der Waals surface area contributed by atoms with Crippen molar-refractivity contribution < 1.29 is 10.1 Å². The summed E-state index contributed by atoms with van der Waals surface area (Å²) in [4.78, 5) is 21.2. The highest BCUT2D eigenvalue weighted by atomic mass is 16.1. The third-order valence-electron chi connectivity index (χ3n) is 5.51. The number of allylic oxidation sites excluding steroid dienone is 1. The second kappa shape index (κ2) is 9.52. The molecule has 0 aliphatic heterocycles. The molecular weight excluding hydrogens is 438 g/mol. The second-order valence-electron chi connectivity index (χ2n) is 9.30. The minimum atomic E-state index is -0.480. The van der Waals surface area contributed by atoms with Gasteiger partial charge in [-0.05, 0) is 45.0 Å². The SMILES string of the molecule is C[NH2+]/C=C(\C=N)c1cn(-c2cccc3c(-c4ccc(C(N)=O)c(NC(C)(C)C)c4)nccc23)cn1. The predicted molar refractivity (Wildman–Crippen MR) is 141 cm³/mol. The van der Waals surface area contributed by atoms with Crippen LogP contribution in [0.25, 0.3) is 33.3 Å². The lowest BCUT2D eigenvalue weighted by Crippen LogP contribution is -2.72. The summed E-state index contributed by atoms with van der Waals surface area (Å²) in [6.07, 6.45) is 8.62. The molecule has 8 nitrogen and oxygen atoms in total. The van der Waals surface area contributed by atoms with Crippen molar-refractivity contribution in [3.8, 4) is 16.9 Å². The number of pyridine rings is 1. The normalized spacial score (nSPS) is 12.1. The van der Waals surface area contributed by atoms with E-state index in [2.05, 4.69) is 15.3 Å². The number of rotatable bonds is 7. The first-order valence-electron chi connectivity index (χ1n) is 11.4. The lowest BCUT2D eigenvalue weighted by Gasteiger charge is -2.24. The Labute approximate surface area is 204 Å². The summed E-state index contributed by atoms with van der Waals surface area (Å²) in [5.41, 5.74) is 10.6. The van der Waals surface area contributed by atoms with Gasteiger partial charge in [-0.3, -0.25) is 9.78 Å². The molecule has 0 unspecified atom stereocenters. The molecular formula is C27H30N7O+. The van der Waals surface area contributed by atoms with E-state index in [1.54, 1.807) is 18.6 Å². The number of primary amides is 1. The van der Waals surface area contributed by atoms with Crippen molar-refractivity contribution in [1.29, 1.82) is 5.41 Å². The van der Waals surface area contributed by atoms with Crippen LogP contribution in [0.2, 0.25) is 0 Å². The lowest BCUT2D eigenvalue weighted by atomic mass is 9.99. The molecule has 1 amide bonds. The molecule has 0 saturated carbocycles. The first-order valence-corrected chi connectivity index (χ1v) is 11.4. The maximum absolute atomic E-state index is 12.0. The van der Waals surface area contributed by atoms with Gasteiger partial charge >= 0.3 is 0 Å². The van der Waals surface area contributed by atoms with Crippen molar-refractivity contribution in [2.75, 3.05) is 12.4 Å². The number of nitrogens with two attached hydrogens (primary N) is 2. The molecule has 0 fully saturated rings. The molecule has 0 radical (unpaired) electrons. The van der Waals surface area contributed by atoms with Crippen LogP contribution in [-0.2, 0) is 0 Å². The average molecular weight is 469 g/mol. The Morgan fingerprint density at radius 1 is 1.14 bits per heavy atom. The summed E-state index contributed by atoms with van der Waals surface area (Å²) in [6.45, 7) is 6.09. The standard InChI is InChI=1S/C27H29N7O/c1-27(2,3)33-22-12-17(8-9-21(22)26(29)35)25-20-6-5-7-24(19(20)10-11-31-25)34-15-23(32-16-34)18(13-28)14-30-4/h5-16,28,30,33H,1-4H3,(H2,29,35)/p+1/b18-14+,28-13?. The van der Waals surface area contributed by atoms with Crippen LogP contribution in [0.1, 0.15) is 36.8 Å². The zero-order valence-electron chi connectivity index (χ0n) is 20.3. The van der Waals surface area contributed by atoms with Gasteiger partial charge in [0.1, 0.15) is 6.20 Å². The number of nitrogens with zero attached hydrogens (tertiary/aromatic N) is 3. The molecule has 0 aliphatic rings. The number of fused-ring (bicyclic) bond motifs is 1. The van der Waals surface area contributed by atoms with E-state index in [9.17, 15) is 4.79 Å². The maximum Gasteiger partial charge on any atom is 0.250 e. The highest BCUT2D eigenvalue weighted by Crippen LogP contribution is 2.33. The summed E-state index contributed by atoms with van der Waals surface area (Å²) in [5, 5.41) is 14.9. The van der Waals surface area contributed by atoms with Gasteiger partial charge in [-0.15, -0.1) is 0 Å². The lowest BCUT2D eigenvalue weighted by molar-refractivity contribution is -0.555. The first kappa shape index (κ1) is 23.8. The van der Waals surface area contributed by atoms with Crippen LogP contribution >= 0.6 is 0 Å². The number of anilines is 1. The molecule has 4 aromatic rings. The number of benzene rings is 2. The minimum absolute atomic E-state index is 0.249. The van der Waals surface area contributed by atoms with Gasteiger partial charge in [0.25, 0.3) is 5.91 Å². The third-order valence-corrected chi connectivity index (χ3v) is 5.51. The Morgan fingerprint density at radius 3 is 2.63 bits per heavy atom. The molecule has 4 rings (SSSR count). The minimum Gasteiger partial charge on any atom is -0.380 e. The van der Waals surface area contributed by atoms with Gasteiger partial charge in [-0.25, -0.2) is 4.98 Å². The second-order valence-corrected chi connectivity index (χ2v) is 9.30. The zero-order chi connectivity index (χ0) is 25.2. The molecule has 0 atom stereocenters. The summed E-state index contributed by atoms with van der Waals surface area (Å²) >= 11 is 0. The van der Waals surface area contributed by atoms with Gasteiger partial charge in [-0.2, -0.15) is 0 Å². The fourth-order valence-corrected chi connectivity index (χ4v) is 4.05. The van der Waals surface area contributed by atoms with Gasteiger partial charge in [0, 0.05) is 46.2 Å². The van der Waals surface area contributed by atoms with Crippen molar-refractivity contribution in [1.82, 2.24) is 14.5 Å². The van der Waals surface area contributed by atoms with E-state index in [-0.39, 0.29) is 5.54 Å². The number of amides is 1. The van der Waals surface area contributed by atoms with Crippen LogP contribution in [0.4, 0.5) is 5.69 Å². The number of hydrogen-bond donors (Lipinski definition) is 4. The number of hydrogen-bond acceptors (Lipinski definition) is 5. The highest BCUT2D eigenvalue weighted by Gasteiger charge is 2.18. The first-order chi connectivity index (χ1) is 16.7. The van der Waals surface area contributed by atoms with E-state index >= 15 is 0 Å². The number of carbonyl (C=O) groups excluding carboxylic acids is 1. The van der Waals surface area contributed by atoms with E-state index in [0.29, 0.717) is 11.3 Å².